The number of carbonyl (C=O) groups is 1. The number of carbonyl (C=O) groups excluding carboxylic acids is 1. The Balaban J connectivity index is 1.43. The Hall–Kier alpha value is -2.94. The van der Waals surface area contributed by atoms with Crippen LogP contribution in [0.2, 0.25) is 0 Å². The van der Waals surface area contributed by atoms with Crippen molar-refractivity contribution in [3.8, 4) is 0 Å². The molecule has 2 aromatic carbocycles. The molecule has 0 N–H and O–H groups in total. The number of likely N-dealkylation sites (tertiary alicyclic amines) is 1. The molecule has 0 saturated carbocycles. The highest BCUT2D eigenvalue weighted by molar-refractivity contribution is 5.79. The molecule has 1 aromatic heterocycles. The lowest BCUT2D eigenvalue weighted by molar-refractivity contribution is -0.131. The summed E-state index contributed by atoms with van der Waals surface area (Å²) < 4.78 is 0. The predicted molar refractivity (Wildman–Crippen MR) is 117 cm³/mol. The van der Waals surface area contributed by atoms with E-state index in [2.05, 4.69) is 49.4 Å². The van der Waals surface area contributed by atoms with Crippen LogP contribution < -0.4 is 0 Å². The molecule has 0 unspecified atom stereocenters. The van der Waals surface area contributed by atoms with E-state index < -0.39 is 0 Å². The molecule has 4 rings (SSSR count). The molecule has 0 bridgehead atoms. The SMILES string of the molecule is Cc1cccc(Cc2cccc([C@H]3CCCN(C(=O)Cc4ccccc4)C3)n2)c1. The maximum atomic E-state index is 12.8. The van der Waals surface area contributed by atoms with Crippen molar-refractivity contribution in [1.29, 1.82) is 0 Å². The van der Waals surface area contributed by atoms with Crippen molar-refractivity contribution in [3.05, 3.63) is 101 Å². The lowest BCUT2D eigenvalue weighted by Crippen LogP contribution is -2.40. The van der Waals surface area contributed by atoms with Crippen molar-refractivity contribution >= 4 is 5.91 Å². The molecule has 0 radical (unpaired) electrons. The second-order valence-corrected chi connectivity index (χ2v) is 8.06. The average Bonchev–Trinajstić information content (AvgIpc) is 2.75. The minimum absolute atomic E-state index is 0.219. The van der Waals surface area contributed by atoms with Crippen LogP contribution in [0.4, 0.5) is 0 Å². The van der Waals surface area contributed by atoms with Crippen molar-refractivity contribution in [3.63, 3.8) is 0 Å². The van der Waals surface area contributed by atoms with Gasteiger partial charge in [-0.1, -0.05) is 66.2 Å². The summed E-state index contributed by atoms with van der Waals surface area (Å²) in [6.07, 6.45) is 3.46. The molecule has 3 heteroatoms. The van der Waals surface area contributed by atoms with Crippen molar-refractivity contribution in [2.24, 2.45) is 0 Å². The average molecular weight is 385 g/mol. The van der Waals surface area contributed by atoms with Gasteiger partial charge in [0.25, 0.3) is 0 Å². The highest BCUT2D eigenvalue weighted by atomic mass is 16.2. The molecule has 1 saturated heterocycles. The fourth-order valence-corrected chi connectivity index (χ4v) is 4.18. The van der Waals surface area contributed by atoms with Gasteiger partial charge in [-0.05, 0) is 43.0 Å². The van der Waals surface area contributed by atoms with Gasteiger partial charge in [0.15, 0.2) is 0 Å². The summed E-state index contributed by atoms with van der Waals surface area (Å²) in [7, 11) is 0. The Kier molecular flexibility index (Phi) is 6.04. The minimum Gasteiger partial charge on any atom is -0.342 e. The van der Waals surface area contributed by atoms with Gasteiger partial charge in [0.05, 0.1) is 6.42 Å². The first kappa shape index (κ1) is 19.4. The van der Waals surface area contributed by atoms with E-state index in [1.54, 1.807) is 0 Å². The monoisotopic (exact) mass is 384 g/mol. The molecule has 148 valence electrons. The summed E-state index contributed by atoms with van der Waals surface area (Å²) >= 11 is 0. The Morgan fingerprint density at radius 2 is 1.79 bits per heavy atom. The summed E-state index contributed by atoms with van der Waals surface area (Å²) in [5, 5.41) is 0. The van der Waals surface area contributed by atoms with E-state index in [1.165, 1.54) is 11.1 Å². The van der Waals surface area contributed by atoms with Gasteiger partial charge in [-0.3, -0.25) is 9.78 Å². The predicted octanol–water partition coefficient (Wildman–Crippen LogP) is 4.93. The molecule has 1 aliphatic heterocycles. The van der Waals surface area contributed by atoms with E-state index in [0.717, 1.165) is 49.3 Å². The van der Waals surface area contributed by atoms with Gasteiger partial charge in [-0.15, -0.1) is 0 Å². The minimum atomic E-state index is 0.219. The van der Waals surface area contributed by atoms with Crippen molar-refractivity contribution < 1.29 is 4.79 Å². The van der Waals surface area contributed by atoms with E-state index in [-0.39, 0.29) is 5.91 Å². The number of nitrogens with zero attached hydrogens (tertiary/aromatic N) is 2. The first-order chi connectivity index (χ1) is 14.2. The molecular weight excluding hydrogens is 356 g/mol. The molecule has 0 spiro atoms. The van der Waals surface area contributed by atoms with Gasteiger partial charge in [-0.25, -0.2) is 0 Å². The summed E-state index contributed by atoms with van der Waals surface area (Å²) in [4.78, 5) is 19.8. The molecule has 3 aromatic rings. The molecule has 1 aliphatic rings. The maximum absolute atomic E-state index is 12.8. The highest BCUT2D eigenvalue weighted by Gasteiger charge is 2.25. The molecule has 1 atom stereocenters. The molecule has 1 amide bonds. The zero-order chi connectivity index (χ0) is 20.1. The van der Waals surface area contributed by atoms with Crippen LogP contribution in [0.25, 0.3) is 0 Å². The Bertz CT molecular complexity index is 967. The summed E-state index contributed by atoms with van der Waals surface area (Å²) in [5.41, 5.74) is 5.86. The number of pyridine rings is 1. The van der Waals surface area contributed by atoms with Crippen LogP contribution in [0, 0.1) is 6.92 Å². The number of aryl methyl sites for hydroxylation is 1. The Labute approximate surface area is 173 Å². The zero-order valence-corrected chi connectivity index (χ0v) is 17.1. The fourth-order valence-electron chi connectivity index (χ4n) is 4.18. The fraction of sp³-hybridized carbons (Fsp3) is 0.308. The lowest BCUT2D eigenvalue weighted by atomic mass is 9.93. The van der Waals surface area contributed by atoms with E-state index >= 15 is 0 Å². The summed E-state index contributed by atoms with van der Waals surface area (Å²) in [6.45, 7) is 3.74. The number of aromatic nitrogens is 1. The largest absolute Gasteiger partial charge is 0.342 e. The van der Waals surface area contributed by atoms with Crippen LogP contribution in [0.1, 0.15) is 46.8 Å². The van der Waals surface area contributed by atoms with Gasteiger partial charge in [0.1, 0.15) is 0 Å². The molecule has 3 nitrogen and oxygen atoms in total. The molecule has 29 heavy (non-hydrogen) atoms. The number of amides is 1. The van der Waals surface area contributed by atoms with Gasteiger partial charge >= 0.3 is 0 Å². The Morgan fingerprint density at radius 1 is 1.00 bits per heavy atom. The molecular formula is C26H28N2O. The molecule has 0 aliphatic carbocycles. The van der Waals surface area contributed by atoms with Crippen LogP contribution in [0.3, 0.4) is 0 Å². The number of piperidine rings is 1. The summed E-state index contributed by atoms with van der Waals surface area (Å²) in [5.74, 6) is 0.540. The van der Waals surface area contributed by atoms with Crippen molar-refractivity contribution in [1.82, 2.24) is 9.88 Å². The van der Waals surface area contributed by atoms with Crippen LogP contribution in [-0.2, 0) is 17.6 Å². The van der Waals surface area contributed by atoms with Crippen molar-refractivity contribution in [2.75, 3.05) is 13.1 Å². The number of benzene rings is 2. The van der Waals surface area contributed by atoms with Crippen molar-refractivity contribution in [2.45, 2.75) is 38.5 Å². The van der Waals surface area contributed by atoms with Gasteiger partial charge in [0.2, 0.25) is 5.91 Å². The van der Waals surface area contributed by atoms with E-state index in [4.69, 9.17) is 4.98 Å². The quantitative estimate of drug-likeness (QED) is 0.625. The topological polar surface area (TPSA) is 33.2 Å². The highest BCUT2D eigenvalue weighted by Crippen LogP contribution is 2.26. The zero-order valence-electron chi connectivity index (χ0n) is 17.1. The molecule has 2 heterocycles. The van der Waals surface area contributed by atoms with Crippen LogP contribution in [-0.4, -0.2) is 28.9 Å². The third-order valence-corrected chi connectivity index (χ3v) is 5.69. The third-order valence-electron chi connectivity index (χ3n) is 5.69. The smallest absolute Gasteiger partial charge is 0.227 e. The summed E-state index contributed by atoms with van der Waals surface area (Å²) in [6, 6.07) is 25.0. The first-order valence-electron chi connectivity index (χ1n) is 10.5. The van der Waals surface area contributed by atoms with E-state index in [9.17, 15) is 4.79 Å². The first-order valence-corrected chi connectivity index (χ1v) is 10.5. The van der Waals surface area contributed by atoms with Crippen LogP contribution in [0.5, 0.6) is 0 Å². The standard InChI is InChI=1S/C26H28N2O/c1-20-8-5-11-22(16-20)17-24-13-6-14-25(27-24)23-12-7-15-28(19-23)26(29)18-21-9-3-2-4-10-21/h2-6,8-11,13-14,16,23H,7,12,15,17-19H2,1H3/t23-/m0/s1. The number of hydrogen-bond acceptors (Lipinski definition) is 2. The Morgan fingerprint density at radius 3 is 2.62 bits per heavy atom. The normalized spacial score (nSPS) is 16.6. The second-order valence-electron chi connectivity index (χ2n) is 8.06. The maximum Gasteiger partial charge on any atom is 0.227 e. The number of hydrogen-bond donors (Lipinski definition) is 0. The van der Waals surface area contributed by atoms with Gasteiger partial charge < -0.3 is 4.90 Å². The van der Waals surface area contributed by atoms with E-state index in [0.29, 0.717) is 12.3 Å². The van der Waals surface area contributed by atoms with Crippen LogP contribution in [0.15, 0.2) is 72.8 Å². The third kappa shape index (κ3) is 5.11. The van der Waals surface area contributed by atoms with Gasteiger partial charge in [0, 0.05) is 36.8 Å². The second kappa shape index (κ2) is 9.04. The lowest BCUT2D eigenvalue weighted by Gasteiger charge is -2.32. The number of rotatable bonds is 5. The molecule has 1 fully saturated rings. The van der Waals surface area contributed by atoms with E-state index in [1.807, 2.05) is 35.2 Å². The van der Waals surface area contributed by atoms with Gasteiger partial charge in [-0.2, -0.15) is 0 Å². The van der Waals surface area contributed by atoms with Crippen LogP contribution >= 0.6 is 0 Å².